The van der Waals surface area contributed by atoms with Crippen LogP contribution in [-0.2, 0) is 4.84 Å². The Morgan fingerprint density at radius 3 is 2.77 bits per heavy atom. The Kier molecular flexibility index (Phi) is 5.09. The Labute approximate surface area is 136 Å². The number of oxime groups is 1. The summed E-state index contributed by atoms with van der Waals surface area (Å²) in [5.74, 6) is -2.55. The van der Waals surface area contributed by atoms with E-state index in [-0.39, 0.29) is 16.3 Å². The number of rotatable bonds is 4. The van der Waals surface area contributed by atoms with Gasteiger partial charge in [0.25, 0.3) is 0 Å². The van der Waals surface area contributed by atoms with Crippen molar-refractivity contribution >= 4 is 39.1 Å². The zero-order chi connectivity index (χ0) is 16.3. The van der Waals surface area contributed by atoms with Crippen molar-refractivity contribution in [3.05, 3.63) is 50.1 Å². The first-order valence-electron chi connectivity index (χ1n) is 5.75. The van der Waals surface area contributed by atoms with E-state index in [1.54, 1.807) is 5.38 Å². The highest BCUT2D eigenvalue weighted by Crippen LogP contribution is 2.35. The smallest absolute Gasteiger partial charge is 0.379 e. The summed E-state index contributed by atoms with van der Waals surface area (Å²) in [6.07, 6.45) is 0. The number of methoxy groups -OCH3 is 1. The van der Waals surface area contributed by atoms with Crippen molar-refractivity contribution in [3.8, 4) is 5.75 Å². The van der Waals surface area contributed by atoms with Crippen molar-refractivity contribution in [2.45, 2.75) is 0 Å². The van der Waals surface area contributed by atoms with Crippen molar-refractivity contribution in [2.75, 3.05) is 7.11 Å². The lowest BCUT2D eigenvalue weighted by Crippen LogP contribution is -2.17. The van der Waals surface area contributed by atoms with Crippen LogP contribution in [0.25, 0.3) is 0 Å². The van der Waals surface area contributed by atoms with Gasteiger partial charge in [-0.2, -0.15) is 0 Å². The molecule has 0 spiro atoms. The molecule has 0 unspecified atom stereocenters. The Hall–Kier alpha value is -2.00. The summed E-state index contributed by atoms with van der Waals surface area (Å²) >= 11 is 4.29. The number of nitrogens with zero attached hydrogens (tertiary/aromatic N) is 1. The van der Waals surface area contributed by atoms with Gasteiger partial charge in [-0.05, 0) is 28.1 Å². The van der Waals surface area contributed by atoms with E-state index in [0.29, 0.717) is 16.3 Å². The second-order valence-electron chi connectivity index (χ2n) is 3.93. The molecule has 0 saturated heterocycles. The molecule has 2 N–H and O–H groups in total. The molecule has 5 nitrogen and oxygen atoms in total. The largest absolute Gasteiger partial charge is 0.494 e. The van der Waals surface area contributed by atoms with E-state index in [1.807, 2.05) is 0 Å². The summed E-state index contributed by atoms with van der Waals surface area (Å²) in [5.41, 5.74) is 5.35. The van der Waals surface area contributed by atoms with E-state index in [2.05, 4.69) is 25.9 Å². The first kappa shape index (κ1) is 16.4. The average molecular weight is 391 g/mol. The van der Waals surface area contributed by atoms with Gasteiger partial charge in [-0.1, -0.05) is 5.16 Å². The molecule has 0 bridgehead atoms. The molecule has 2 aromatic rings. The number of nitrogens with two attached hydrogens (primary N) is 1. The predicted molar refractivity (Wildman–Crippen MR) is 81.1 cm³/mol. The average Bonchev–Trinajstić information content (AvgIpc) is 2.85. The summed E-state index contributed by atoms with van der Waals surface area (Å²) in [6, 6.07) is 2.76. The Morgan fingerprint density at radius 1 is 1.41 bits per heavy atom. The van der Waals surface area contributed by atoms with Crippen LogP contribution in [0.2, 0.25) is 0 Å². The predicted octanol–water partition coefficient (Wildman–Crippen LogP) is 3.27. The number of hydrogen-bond acceptors (Lipinski definition) is 5. The third-order valence-electron chi connectivity index (χ3n) is 2.53. The molecule has 0 radical (unpaired) electrons. The molecule has 0 aliphatic heterocycles. The van der Waals surface area contributed by atoms with Crippen LogP contribution in [0.1, 0.15) is 15.2 Å². The zero-order valence-corrected chi connectivity index (χ0v) is 13.5. The number of thiophene rings is 1. The van der Waals surface area contributed by atoms with Gasteiger partial charge >= 0.3 is 5.97 Å². The maximum Gasteiger partial charge on any atom is 0.379 e. The first-order chi connectivity index (χ1) is 10.4. The van der Waals surface area contributed by atoms with E-state index >= 15 is 0 Å². The second kappa shape index (κ2) is 6.84. The van der Waals surface area contributed by atoms with E-state index < -0.39 is 17.6 Å². The molecule has 1 aromatic heterocycles. The first-order valence-corrected chi connectivity index (χ1v) is 7.42. The third kappa shape index (κ3) is 3.42. The number of halogens is 3. The summed E-state index contributed by atoms with van der Waals surface area (Å²) in [4.78, 5) is 16.7. The number of carbonyl (C=O) groups excluding carboxylic acids is 1. The summed E-state index contributed by atoms with van der Waals surface area (Å²) < 4.78 is 31.9. The standard InChI is InChI=1S/C13H9BrF2N2O3S/c1-20-10-8(14)5-22-11(10)13(19)21-18-12(17)7-3-2-6(15)4-9(7)16/h2-5H,1H3,(H2,17,18). The fourth-order valence-corrected chi connectivity index (χ4v) is 3.07. The molecule has 0 saturated carbocycles. The van der Waals surface area contributed by atoms with Gasteiger partial charge < -0.3 is 15.3 Å². The van der Waals surface area contributed by atoms with Crippen LogP contribution in [-0.4, -0.2) is 18.9 Å². The lowest BCUT2D eigenvalue weighted by Gasteiger charge is -2.03. The Balaban J connectivity index is 2.18. The molecule has 2 rings (SSSR count). The van der Waals surface area contributed by atoms with Crippen LogP contribution < -0.4 is 10.5 Å². The van der Waals surface area contributed by atoms with Gasteiger partial charge in [-0.3, -0.25) is 0 Å². The maximum atomic E-state index is 13.5. The van der Waals surface area contributed by atoms with Crippen molar-refractivity contribution in [1.29, 1.82) is 0 Å². The van der Waals surface area contributed by atoms with Crippen molar-refractivity contribution in [2.24, 2.45) is 10.9 Å². The van der Waals surface area contributed by atoms with Crippen molar-refractivity contribution < 1.29 is 23.1 Å². The van der Waals surface area contributed by atoms with Crippen molar-refractivity contribution in [3.63, 3.8) is 0 Å². The van der Waals surface area contributed by atoms with Gasteiger partial charge in [0.2, 0.25) is 0 Å². The van der Waals surface area contributed by atoms with Crippen LogP contribution in [0, 0.1) is 11.6 Å². The molecule has 0 atom stereocenters. The quantitative estimate of drug-likeness (QED) is 0.376. The number of benzene rings is 1. The topological polar surface area (TPSA) is 73.9 Å². The SMILES string of the molecule is COc1c(Br)csc1C(=O)O/N=C(/N)c1ccc(F)cc1F. The molecular weight excluding hydrogens is 382 g/mol. The van der Waals surface area contributed by atoms with Gasteiger partial charge in [-0.15, -0.1) is 11.3 Å². The number of hydrogen-bond donors (Lipinski definition) is 1. The number of amidine groups is 1. The van der Waals surface area contributed by atoms with E-state index in [0.717, 1.165) is 23.5 Å². The molecule has 22 heavy (non-hydrogen) atoms. The van der Waals surface area contributed by atoms with Crippen LogP contribution in [0.3, 0.4) is 0 Å². The van der Waals surface area contributed by atoms with Crippen LogP contribution >= 0.6 is 27.3 Å². The lowest BCUT2D eigenvalue weighted by molar-refractivity contribution is 0.0518. The monoisotopic (exact) mass is 390 g/mol. The molecule has 0 amide bonds. The second-order valence-corrected chi connectivity index (χ2v) is 5.66. The van der Waals surface area contributed by atoms with Gasteiger partial charge in [0.15, 0.2) is 16.5 Å². The van der Waals surface area contributed by atoms with Crippen molar-refractivity contribution in [1.82, 2.24) is 0 Å². The van der Waals surface area contributed by atoms with E-state index in [9.17, 15) is 13.6 Å². The summed E-state index contributed by atoms with van der Waals surface area (Å²) in [5, 5.41) is 5.01. The molecule has 0 aliphatic carbocycles. The minimum Gasteiger partial charge on any atom is -0.494 e. The van der Waals surface area contributed by atoms with Crippen LogP contribution in [0.4, 0.5) is 8.78 Å². The summed E-state index contributed by atoms with van der Waals surface area (Å²) in [7, 11) is 1.40. The highest BCUT2D eigenvalue weighted by Gasteiger charge is 2.20. The molecule has 0 aliphatic rings. The molecular formula is C13H9BrF2N2O3S. The van der Waals surface area contributed by atoms with Crippen LogP contribution in [0.5, 0.6) is 5.75 Å². The Morgan fingerprint density at radius 2 is 2.14 bits per heavy atom. The Bertz CT molecular complexity index is 749. The number of carbonyl (C=O) groups is 1. The van der Waals surface area contributed by atoms with Gasteiger partial charge in [-0.25, -0.2) is 13.6 Å². The minimum atomic E-state index is -0.909. The zero-order valence-electron chi connectivity index (χ0n) is 11.1. The molecule has 1 heterocycles. The fraction of sp³-hybridized carbons (Fsp3) is 0.0769. The fourth-order valence-electron chi connectivity index (χ4n) is 1.54. The van der Waals surface area contributed by atoms with Gasteiger partial charge in [0.1, 0.15) is 11.6 Å². The number of ether oxygens (including phenoxy) is 1. The molecule has 0 fully saturated rings. The third-order valence-corrected chi connectivity index (χ3v) is 4.36. The highest BCUT2D eigenvalue weighted by molar-refractivity contribution is 9.10. The van der Waals surface area contributed by atoms with Crippen LogP contribution in [0.15, 0.2) is 33.2 Å². The van der Waals surface area contributed by atoms with Gasteiger partial charge in [0.05, 0.1) is 17.1 Å². The van der Waals surface area contributed by atoms with E-state index in [1.165, 1.54) is 7.11 Å². The van der Waals surface area contributed by atoms with E-state index in [4.69, 9.17) is 10.5 Å². The summed E-state index contributed by atoms with van der Waals surface area (Å²) in [6.45, 7) is 0. The van der Waals surface area contributed by atoms with Gasteiger partial charge in [0, 0.05) is 11.4 Å². The maximum absolute atomic E-state index is 13.5. The lowest BCUT2D eigenvalue weighted by atomic mass is 10.2. The minimum absolute atomic E-state index is 0.172. The molecule has 9 heteroatoms. The highest BCUT2D eigenvalue weighted by atomic mass is 79.9. The molecule has 116 valence electrons. The molecule has 1 aromatic carbocycles. The normalized spacial score (nSPS) is 11.4.